The van der Waals surface area contributed by atoms with Crippen LogP contribution >= 0.6 is 0 Å². The number of carbonyl (C=O) groups excluding carboxylic acids is 1. The molecule has 0 saturated heterocycles. The highest BCUT2D eigenvalue weighted by Crippen LogP contribution is 2.25. The summed E-state index contributed by atoms with van der Waals surface area (Å²) in [6, 6.07) is 10.1. The number of hydrogen-bond donors (Lipinski definition) is 2. The third-order valence-electron chi connectivity index (χ3n) is 4.32. The maximum atomic E-state index is 13.2. The minimum Gasteiger partial charge on any atom is -0.495 e. The largest absolute Gasteiger partial charge is 0.495 e. The molecule has 2 aromatic rings. The van der Waals surface area contributed by atoms with Gasteiger partial charge in [0.15, 0.2) is 0 Å². The van der Waals surface area contributed by atoms with Crippen molar-refractivity contribution in [3.05, 3.63) is 59.4 Å². The lowest BCUT2D eigenvalue weighted by molar-refractivity contribution is 0.0941. The molecule has 9 heteroatoms. The fourth-order valence-corrected chi connectivity index (χ4v) is 3.63. The Morgan fingerprint density at radius 1 is 1.18 bits per heavy atom. The van der Waals surface area contributed by atoms with Crippen LogP contribution in [0.4, 0.5) is 4.39 Å². The van der Waals surface area contributed by atoms with Gasteiger partial charge < -0.3 is 15.0 Å². The highest BCUT2D eigenvalue weighted by atomic mass is 32.2. The molecule has 0 aliphatic heterocycles. The third kappa shape index (κ3) is 5.06. The van der Waals surface area contributed by atoms with Gasteiger partial charge in [-0.25, -0.2) is 17.5 Å². The summed E-state index contributed by atoms with van der Waals surface area (Å²) in [4.78, 5) is 14.4. The number of amides is 1. The van der Waals surface area contributed by atoms with Crippen molar-refractivity contribution < 1.29 is 22.3 Å². The molecule has 0 aliphatic rings. The van der Waals surface area contributed by atoms with Crippen LogP contribution in [0.1, 0.15) is 22.0 Å². The number of sulfonamides is 1. The van der Waals surface area contributed by atoms with Crippen LogP contribution in [0.5, 0.6) is 5.75 Å². The van der Waals surface area contributed by atoms with Gasteiger partial charge in [0.1, 0.15) is 16.5 Å². The van der Waals surface area contributed by atoms with Crippen molar-refractivity contribution in [1.29, 1.82) is 0 Å². The van der Waals surface area contributed by atoms with Crippen LogP contribution in [0.15, 0.2) is 47.4 Å². The molecule has 0 aromatic heterocycles. The fraction of sp³-hybridized carbons (Fsp3) is 0.316. The summed E-state index contributed by atoms with van der Waals surface area (Å²) >= 11 is 0. The average molecular weight is 409 g/mol. The molecule has 7 nitrogen and oxygen atoms in total. The molecule has 1 amide bonds. The van der Waals surface area contributed by atoms with E-state index in [1.165, 1.54) is 44.5 Å². The van der Waals surface area contributed by atoms with E-state index in [9.17, 15) is 17.6 Å². The van der Waals surface area contributed by atoms with Crippen molar-refractivity contribution in [3.63, 3.8) is 0 Å². The molecular formula is C19H24FN3O4S. The van der Waals surface area contributed by atoms with Gasteiger partial charge in [0.25, 0.3) is 5.91 Å². The van der Waals surface area contributed by atoms with E-state index in [1.54, 1.807) is 12.1 Å². The maximum Gasteiger partial charge on any atom is 0.251 e. The van der Waals surface area contributed by atoms with Crippen LogP contribution in [-0.2, 0) is 10.0 Å². The summed E-state index contributed by atoms with van der Waals surface area (Å²) in [5.74, 6) is -0.616. The molecule has 1 atom stereocenters. The van der Waals surface area contributed by atoms with E-state index in [-0.39, 0.29) is 34.6 Å². The number of nitrogens with zero attached hydrogens (tertiary/aromatic N) is 1. The molecule has 0 heterocycles. The maximum absolute atomic E-state index is 13.2. The highest BCUT2D eigenvalue weighted by molar-refractivity contribution is 7.89. The molecule has 0 aliphatic carbocycles. The lowest BCUT2D eigenvalue weighted by Gasteiger charge is -2.25. The predicted octanol–water partition coefficient (Wildman–Crippen LogP) is 1.78. The minimum atomic E-state index is -3.79. The molecule has 152 valence electrons. The number of halogens is 1. The van der Waals surface area contributed by atoms with Gasteiger partial charge in [-0.05, 0) is 57.0 Å². The number of methoxy groups -OCH3 is 1. The second-order valence-corrected chi connectivity index (χ2v) is 8.17. The summed E-state index contributed by atoms with van der Waals surface area (Å²) in [6.45, 7) is 0.262. The smallest absolute Gasteiger partial charge is 0.251 e. The van der Waals surface area contributed by atoms with Crippen molar-refractivity contribution in [1.82, 2.24) is 14.9 Å². The van der Waals surface area contributed by atoms with E-state index in [4.69, 9.17) is 4.74 Å². The molecule has 0 bridgehead atoms. The zero-order valence-electron chi connectivity index (χ0n) is 16.2. The van der Waals surface area contributed by atoms with Crippen molar-refractivity contribution >= 4 is 15.9 Å². The first-order chi connectivity index (χ1) is 13.2. The number of likely N-dealkylation sites (N-methyl/N-ethyl adjacent to an activating group) is 1. The van der Waals surface area contributed by atoms with Gasteiger partial charge >= 0.3 is 0 Å². The van der Waals surface area contributed by atoms with Crippen molar-refractivity contribution in [3.8, 4) is 5.75 Å². The molecule has 0 fully saturated rings. The summed E-state index contributed by atoms with van der Waals surface area (Å²) in [5.41, 5.74) is 1.03. The molecule has 2 aromatic carbocycles. The van der Waals surface area contributed by atoms with Crippen LogP contribution in [0, 0.1) is 5.82 Å². The fourth-order valence-electron chi connectivity index (χ4n) is 2.71. The summed E-state index contributed by atoms with van der Waals surface area (Å²) in [6.07, 6.45) is 0. The Morgan fingerprint density at radius 3 is 2.36 bits per heavy atom. The standard InChI is InChI=1S/C19H24FN3O4S/c1-21-28(25,26)18-11-14(7-10-17(18)27-4)19(24)22-12-16(23(2)3)13-5-8-15(20)9-6-13/h5-11,16,21H,12H2,1-4H3,(H,22,24). The van der Waals surface area contributed by atoms with Crippen molar-refractivity contribution in [2.45, 2.75) is 10.9 Å². The zero-order valence-corrected chi connectivity index (χ0v) is 17.0. The number of hydrogen-bond acceptors (Lipinski definition) is 5. The van der Waals surface area contributed by atoms with E-state index < -0.39 is 15.9 Å². The Kier molecular flexibility index (Phi) is 7.11. The van der Waals surface area contributed by atoms with Crippen LogP contribution in [-0.4, -0.2) is 54.0 Å². The molecule has 0 saturated carbocycles. The van der Waals surface area contributed by atoms with Gasteiger partial charge in [-0.1, -0.05) is 12.1 Å². The number of nitrogens with one attached hydrogen (secondary N) is 2. The quantitative estimate of drug-likeness (QED) is 0.694. The lowest BCUT2D eigenvalue weighted by Crippen LogP contribution is -2.34. The first kappa shape index (κ1) is 21.8. The Bertz CT molecular complexity index is 931. The van der Waals surface area contributed by atoms with E-state index in [2.05, 4.69) is 10.0 Å². The zero-order chi connectivity index (χ0) is 20.9. The summed E-state index contributed by atoms with van der Waals surface area (Å²) < 4.78 is 44.8. The monoisotopic (exact) mass is 409 g/mol. The van der Waals surface area contributed by atoms with Gasteiger partial charge in [0.2, 0.25) is 10.0 Å². The normalized spacial score (nSPS) is 12.6. The topological polar surface area (TPSA) is 87.7 Å². The molecule has 2 rings (SSSR count). The molecule has 28 heavy (non-hydrogen) atoms. The SMILES string of the molecule is CNS(=O)(=O)c1cc(C(=O)NCC(c2ccc(F)cc2)N(C)C)ccc1OC. The molecule has 0 radical (unpaired) electrons. The Balaban J connectivity index is 2.22. The predicted molar refractivity (Wildman–Crippen MR) is 104 cm³/mol. The van der Waals surface area contributed by atoms with E-state index in [0.717, 1.165) is 5.56 Å². The Morgan fingerprint density at radius 2 is 1.82 bits per heavy atom. The van der Waals surface area contributed by atoms with Gasteiger partial charge in [-0.2, -0.15) is 0 Å². The number of ether oxygens (including phenoxy) is 1. The van der Waals surface area contributed by atoms with Crippen LogP contribution < -0.4 is 14.8 Å². The number of carbonyl (C=O) groups is 1. The van der Waals surface area contributed by atoms with Crippen molar-refractivity contribution in [2.24, 2.45) is 0 Å². The molecule has 2 N–H and O–H groups in total. The number of rotatable bonds is 8. The summed E-state index contributed by atoms with van der Waals surface area (Å²) in [5, 5.41) is 2.80. The minimum absolute atomic E-state index is 0.118. The van der Waals surface area contributed by atoms with Gasteiger partial charge in [0, 0.05) is 12.1 Å². The van der Waals surface area contributed by atoms with E-state index >= 15 is 0 Å². The Hall–Kier alpha value is -2.49. The Labute approximate surface area is 164 Å². The van der Waals surface area contributed by atoms with Crippen LogP contribution in [0.2, 0.25) is 0 Å². The third-order valence-corrected chi connectivity index (χ3v) is 5.75. The van der Waals surface area contributed by atoms with E-state index in [0.29, 0.717) is 0 Å². The number of benzene rings is 2. The van der Waals surface area contributed by atoms with Gasteiger partial charge in [-0.15, -0.1) is 0 Å². The first-order valence-corrected chi connectivity index (χ1v) is 9.99. The average Bonchev–Trinajstić information content (AvgIpc) is 2.68. The van der Waals surface area contributed by atoms with Crippen LogP contribution in [0.3, 0.4) is 0 Å². The molecule has 0 spiro atoms. The van der Waals surface area contributed by atoms with E-state index in [1.807, 2.05) is 19.0 Å². The molecule has 1 unspecified atom stereocenters. The van der Waals surface area contributed by atoms with Crippen molar-refractivity contribution in [2.75, 3.05) is 34.8 Å². The summed E-state index contributed by atoms with van der Waals surface area (Å²) in [7, 11) is 2.56. The second kappa shape index (κ2) is 9.13. The molecular weight excluding hydrogens is 385 g/mol. The first-order valence-electron chi connectivity index (χ1n) is 8.51. The van der Waals surface area contributed by atoms with Gasteiger partial charge in [-0.3, -0.25) is 4.79 Å². The van der Waals surface area contributed by atoms with Crippen LogP contribution in [0.25, 0.3) is 0 Å². The highest BCUT2D eigenvalue weighted by Gasteiger charge is 2.21. The van der Waals surface area contributed by atoms with Gasteiger partial charge in [0.05, 0.1) is 13.2 Å². The second-order valence-electron chi connectivity index (χ2n) is 6.31. The lowest BCUT2D eigenvalue weighted by atomic mass is 10.1.